The van der Waals surface area contributed by atoms with Crippen LogP contribution in [0.5, 0.6) is 0 Å². The molecule has 1 amide bonds. The molecule has 0 saturated carbocycles. The van der Waals surface area contributed by atoms with E-state index in [-0.39, 0.29) is 27.8 Å². The van der Waals surface area contributed by atoms with Crippen molar-refractivity contribution in [1.82, 2.24) is 15.3 Å². The van der Waals surface area contributed by atoms with Gasteiger partial charge >= 0.3 is 0 Å². The van der Waals surface area contributed by atoms with Crippen LogP contribution in [0.4, 0.5) is 15.8 Å². The number of nitrogens with zero attached hydrogens (tertiary/aromatic N) is 3. The van der Waals surface area contributed by atoms with Crippen LogP contribution in [-0.2, 0) is 11.3 Å². The van der Waals surface area contributed by atoms with Crippen molar-refractivity contribution in [2.24, 2.45) is 0 Å². The van der Waals surface area contributed by atoms with E-state index in [4.69, 9.17) is 11.6 Å². The van der Waals surface area contributed by atoms with Crippen LogP contribution in [-0.4, -0.2) is 24.6 Å². The Morgan fingerprint density at radius 2 is 1.82 bits per heavy atom. The third kappa shape index (κ3) is 4.85. The van der Waals surface area contributed by atoms with Gasteiger partial charge in [-0.2, -0.15) is 0 Å². The maximum Gasteiger partial charge on any atom is 0.266 e. The minimum Gasteiger partial charge on any atom is -0.345 e. The summed E-state index contributed by atoms with van der Waals surface area (Å²) in [7, 11) is 0. The lowest BCUT2D eigenvalue weighted by Gasteiger charge is -2.24. The second kappa shape index (κ2) is 9.62. The summed E-state index contributed by atoms with van der Waals surface area (Å²) in [6.07, 6.45) is 2.99. The van der Waals surface area contributed by atoms with Crippen molar-refractivity contribution in [2.75, 3.05) is 4.31 Å². The first-order valence-corrected chi connectivity index (χ1v) is 11.3. The zero-order chi connectivity index (χ0) is 23.5. The highest BCUT2D eigenvalue weighted by Crippen LogP contribution is 2.35. The molecular weight excluding hydrogens is 467 g/mol. The molecule has 2 atom stereocenters. The van der Waals surface area contributed by atoms with E-state index in [1.165, 1.54) is 42.7 Å². The first-order valence-electron chi connectivity index (χ1n) is 9.82. The van der Waals surface area contributed by atoms with E-state index >= 15 is 0 Å². The first kappa shape index (κ1) is 22.8. The number of halogens is 2. The summed E-state index contributed by atoms with van der Waals surface area (Å²) in [5.41, 5.74) is 2.12. The molecule has 4 aromatic rings. The lowest BCUT2D eigenvalue weighted by Crippen LogP contribution is -2.29. The molecule has 4 rings (SSSR count). The van der Waals surface area contributed by atoms with Crippen molar-refractivity contribution < 1.29 is 17.9 Å². The van der Waals surface area contributed by atoms with Crippen molar-refractivity contribution in [3.05, 3.63) is 95.0 Å². The molecule has 0 saturated heterocycles. The second-order valence-electron chi connectivity index (χ2n) is 7.13. The van der Waals surface area contributed by atoms with E-state index in [0.717, 1.165) is 4.31 Å². The summed E-state index contributed by atoms with van der Waals surface area (Å²) in [4.78, 5) is 21.7. The number of amides is 1. The fourth-order valence-electron chi connectivity index (χ4n) is 3.41. The molecule has 0 spiro atoms. The minimum absolute atomic E-state index is 0.116. The molecule has 2 N–H and O–H groups in total. The highest BCUT2D eigenvalue weighted by atomic mass is 35.5. The number of carbonyl (C=O) groups excluding carboxylic acids is 1. The standard InChI is InChI=1S/C23H18ClFN4O3S/c1-14(15-5-8-17(25)9-6-15)28-23(30)18-10-7-16(24)13-21(18)29(33(31)32)20-4-2-3-19-22(20)27-12-11-26-19/h2-14H,1H3,(H,28,30)(H,31,32). The Morgan fingerprint density at radius 1 is 1.09 bits per heavy atom. The molecule has 7 nitrogen and oxygen atoms in total. The Bertz CT molecular complexity index is 1350. The molecule has 0 aliphatic rings. The largest absolute Gasteiger partial charge is 0.345 e. The van der Waals surface area contributed by atoms with Gasteiger partial charge in [0.05, 0.1) is 28.5 Å². The van der Waals surface area contributed by atoms with Crippen molar-refractivity contribution in [2.45, 2.75) is 13.0 Å². The zero-order valence-corrected chi connectivity index (χ0v) is 18.8. The van der Waals surface area contributed by atoms with Gasteiger partial charge in [-0.05, 0) is 55.0 Å². The predicted molar refractivity (Wildman–Crippen MR) is 126 cm³/mol. The molecule has 2 unspecified atom stereocenters. The van der Waals surface area contributed by atoms with Crippen LogP contribution in [0.3, 0.4) is 0 Å². The van der Waals surface area contributed by atoms with Crippen LogP contribution in [0.25, 0.3) is 11.0 Å². The van der Waals surface area contributed by atoms with Gasteiger partial charge in [0.25, 0.3) is 17.2 Å². The van der Waals surface area contributed by atoms with E-state index in [2.05, 4.69) is 15.3 Å². The maximum atomic E-state index is 13.2. The molecule has 0 aliphatic heterocycles. The Morgan fingerprint density at radius 3 is 2.55 bits per heavy atom. The maximum absolute atomic E-state index is 13.2. The highest BCUT2D eigenvalue weighted by Gasteiger charge is 2.25. The van der Waals surface area contributed by atoms with Crippen molar-refractivity contribution >= 4 is 51.2 Å². The van der Waals surface area contributed by atoms with Gasteiger partial charge in [0, 0.05) is 17.4 Å². The van der Waals surface area contributed by atoms with Crippen LogP contribution in [0.15, 0.2) is 73.1 Å². The Labute approximate surface area is 196 Å². The molecule has 1 aromatic heterocycles. The second-order valence-corrected chi connectivity index (χ2v) is 8.40. The number of nitrogens with one attached hydrogen (secondary N) is 1. The fourth-order valence-corrected chi connectivity index (χ4v) is 4.21. The van der Waals surface area contributed by atoms with E-state index in [9.17, 15) is 17.9 Å². The van der Waals surface area contributed by atoms with Crippen LogP contribution >= 0.6 is 11.6 Å². The summed E-state index contributed by atoms with van der Waals surface area (Å²) >= 11 is 3.63. The summed E-state index contributed by atoms with van der Waals surface area (Å²) in [6.45, 7) is 1.75. The number of rotatable bonds is 6. The number of benzene rings is 3. The van der Waals surface area contributed by atoms with E-state index in [1.807, 2.05) is 0 Å². The van der Waals surface area contributed by atoms with Gasteiger partial charge in [-0.1, -0.05) is 29.8 Å². The highest BCUT2D eigenvalue weighted by molar-refractivity contribution is 7.81. The van der Waals surface area contributed by atoms with Crippen molar-refractivity contribution in [3.63, 3.8) is 0 Å². The predicted octanol–water partition coefficient (Wildman–Crippen LogP) is 5.19. The Hall–Kier alpha value is -3.40. The van der Waals surface area contributed by atoms with Gasteiger partial charge in [-0.15, -0.1) is 0 Å². The molecule has 1 heterocycles. The molecule has 0 radical (unpaired) electrons. The number of hydrogen-bond acceptors (Lipinski definition) is 4. The van der Waals surface area contributed by atoms with Gasteiger partial charge in [-0.25, -0.2) is 12.9 Å². The summed E-state index contributed by atoms with van der Waals surface area (Å²) in [6, 6.07) is 14.8. The summed E-state index contributed by atoms with van der Waals surface area (Å²) in [5.74, 6) is -0.878. The quantitative estimate of drug-likeness (QED) is 0.367. The van der Waals surface area contributed by atoms with E-state index in [0.29, 0.717) is 16.6 Å². The third-order valence-electron chi connectivity index (χ3n) is 4.99. The molecule has 0 bridgehead atoms. The van der Waals surface area contributed by atoms with Crippen LogP contribution < -0.4 is 9.62 Å². The number of hydrogen-bond donors (Lipinski definition) is 2. The first-order chi connectivity index (χ1) is 15.8. The smallest absolute Gasteiger partial charge is 0.266 e. The van der Waals surface area contributed by atoms with Gasteiger partial charge in [0.1, 0.15) is 11.3 Å². The molecule has 0 fully saturated rings. The number of carbonyl (C=O) groups is 1. The molecule has 0 aliphatic carbocycles. The SMILES string of the molecule is CC(NC(=O)c1ccc(Cl)cc1N(c1cccc2nccnc12)S(=O)O)c1ccc(F)cc1. The molecule has 168 valence electrons. The Balaban J connectivity index is 1.77. The molecular formula is C23H18ClFN4O3S. The van der Waals surface area contributed by atoms with E-state index < -0.39 is 23.2 Å². The van der Waals surface area contributed by atoms with Crippen LogP contribution in [0, 0.1) is 5.82 Å². The Kier molecular flexibility index (Phi) is 6.64. The monoisotopic (exact) mass is 484 g/mol. The molecule has 33 heavy (non-hydrogen) atoms. The average molecular weight is 485 g/mol. The van der Waals surface area contributed by atoms with Crippen LogP contribution in [0.2, 0.25) is 5.02 Å². The van der Waals surface area contributed by atoms with Gasteiger partial charge in [-0.3, -0.25) is 19.3 Å². The molecule has 3 aromatic carbocycles. The topological polar surface area (TPSA) is 95.4 Å². The van der Waals surface area contributed by atoms with Gasteiger partial charge in [0.15, 0.2) is 0 Å². The van der Waals surface area contributed by atoms with Gasteiger partial charge < -0.3 is 5.32 Å². The van der Waals surface area contributed by atoms with Crippen molar-refractivity contribution in [1.29, 1.82) is 0 Å². The lowest BCUT2D eigenvalue weighted by molar-refractivity contribution is 0.0940. The van der Waals surface area contributed by atoms with Gasteiger partial charge in [0.2, 0.25) is 0 Å². The normalized spacial score (nSPS) is 12.8. The fraction of sp³-hybridized carbons (Fsp3) is 0.0870. The lowest BCUT2D eigenvalue weighted by atomic mass is 10.1. The summed E-state index contributed by atoms with van der Waals surface area (Å²) in [5, 5.41) is 3.11. The number of para-hydroxylation sites is 1. The number of fused-ring (bicyclic) bond motifs is 1. The van der Waals surface area contributed by atoms with E-state index in [1.54, 1.807) is 37.3 Å². The third-order valence-corrected chi connectivity index (χ3v) is 5.93. The van der Waals surface area contributed by atoms with Crippen LogP contribution in [0.1, 0.15) is 28.9 Å². The zero-order valence-electron chi connectivity index (χ0n) is 17.3. The number of anilines is 2. The summed E-state index contributed by atoms with van der Waals surface area (Å²) < 4.78 is 37.0. The average Bonchev–Trinajstić information content (AvgIpc) is 2.79. The van der Waals surface area contributed by atoms with Crippen molar-refractivity contribution in [3.8, 4) is 0 Å². The molecule has 10 heteroatoms. The minimum atomic E-state index is -2.56. The number of aromatic nitrogens is 2.